The third kappa shape index (κ3) is 5.16. The van der Waals surface area contributed by atoms with E-state index in [1.807, 2.05) is 18.2 Å². The molecule has 96 valence electrons. The highest BCUT2D eigenvalue weighted by molar-refractivity contribution is 7.89. The van der Waals surface area contributed by atoms with Gasteiger partial charge in [-0.15, -0.1) is 0 Å². The highest BCUT2D eigenvalue weighted by atomic mass is 32.2. The van der Waals surface area contributed by atoms with Crippen molar-refractivity contribution in [2.24, 2.45) is 0 Å². The summed E-state index contributed by atoms with van der Waals surface area (Å²) in [7, 11) is 0.0846. The Morgan fingerprint density at radius 3 is 2.76 bits per heavy atom. The number of hydrogen-bond donors (Lipinski definition) is 2. The van der Waals surface area contributed by atoms with Crippen LogP contribution < -0.4 is 14.8 Å². The maximum atomic E-state index is 11.5. The molecule has 5 nitrogen and oxygen atoms in total. The number of ether oxygens (including phenoxy) is 1. The number of rotatable bonds is 7. The number of sulfonamides is 1. The molecule has 0 aromatic heterocycles. The van der Waals surface area contributed by atoms with E-state index >= 15 is 0 Å². The van der Waals surface area contributed by atoms with Gasteiger partial charge in [0.05, 0.1) is 12.9 Å². The summed E-state index contributed by atoms with van der Waals surface area (Å²) in [5, 5.41) is 2.80. The van der Waals surface area contributed by atoms with Crippen LogP contribution in [0.2, 0.25) is 0 Å². The van der Waals surface area contributed by atoms with E-state index in [0.717, 1.165) is 11.3 Å². The molecule has 0 spiro atoms. The number of hydrogen-bond acceptors (Lipinski definition) is 4. The molecule has 0 aliphatic carbocycles. The fraction of sp³-hybridized carbons (Fsp3) is 0.455. The van der Waals surface area contributed by atoms with Crippen LogP contribution in [0.4, 0.5) is 0 Å². The van der Waals surface area contributed by atoms with Crippen molar-refractivity contribution in [3.8, 4) is 5.75 Å². The first kappa shape index (κ1) is 14.0. The second kappa shape index (κ2) is 6.58. The Kier molecular flexibility index (Phi) is 5.40. The molecule has 0 saturated carbocycles. The van der Waals surface area contributed by atoms with Crippen molar-refractivity contribution in [3.05, 3.63) is 29.8 Å². The molecule has 0 amide bonds. The fourth-order valence-electron chi connectivity index (χ4n) is 1.28. The van der Waals surface area contributed by atoms with E-state index < -0.39 is 10.0 Å². The summed E-state index contributed by atoms with van der Waals surface area (Å²) in [6.45, 7) is 0.719. The topological polar surface area (TPSA) is 67.4 Å². The zero-order chi connectivity index (χ0) is 12.7. The lowest BCUT2D eigenvalue weighted by atomic mass is 10.2. The third-order valence-corrected chi connectivity index (χ3v) is 3.58. The molecule has 0 aliphatic heterocycles. The van der Waals surface area contributed by atoms with Gasteiger partial charge in [-0.05, 0) is 24.7 Å². The summed E-state index contributed by atoms with van der Waals surface area (Å²) in [6.07, 6.45) is 0. The molecule has 1 aromatic rings. The highest BCUT2D eigenvalue weighted by Crippen LogP contribution is 2.12. The van der Waals surface area contributed by atoms with Gasteiger partial charge in [-0.2, -0.15) is 0 Å². The van der Waals surface area contributed by atoms with Gasteiger partial charge in [-0.1, -0.05) is 12.1 Å². The van der Waals surface area contributed by atoms with Gasteiger partial charge in [0.25, 0.3) is 0 Å². The first-order valence-electron chi connectivity index (χ1n) is 5.32. The smallest absolute Gasteiger partial charge is 0.213 e. The SMILES string of the molecule is CNCCS(=O)(=O)NCc1cccc(OC)c1. The van der Waals surface area contributed by atoms with Crippen LogP contribution in [0.1, 0.15) is 5.56 Å². The monoisotopic (exact) mass is 258 g/mol. The Balaban J connectivity index is 2.54. The van der Waals surface area contributed by atoms with E-state index in [-0.39, 0.29) is 12.3 Å². The number of benzene rings is 1. The minimum atomic E-state index is -3.21. The summed E-state index contributed by atoms with van der Waals surface area (Å²) in [5.41, 5.74) is 0.873. The maximum Gasteiger partial charge on any atom is 0.213 e. The van der Waals surface area contributed by atoms with Gasteiger partial charge < -0.3 is 10.1 Å². The minimum absolute atomic E-state index is 0.0769. The van der Waals surface area contributed by atoms with Crippen LogP contribution in [-0.4, -0.2) is 34.9 Å². The minimum Gasteiger partial charge on any atom is -0.497 e. The number of methoxy groups -OCH3 is 1. The lowest BCUT2D eigenvalue weighted by Crippen LogP contribution is -2.30. The molecule has 0 radical (unpaired) electrons. The molecule has 1 aromatic carbocycles. The molecule has 2 N–H and O–H groups in total. The first-order valence-corrected chi connectivity index (χ1v) is 6.97. The predicted molar refractivity (Wildman–Crippen MR) is 67.5 cm³/mol. The molecule has 1 rings (SSSR count). The molecule has 17 heavy (non-hydrogen) atoms. The van der Waals surface area contributed by atoms with Crippen molar-refractivity contribution < 1.29 is 13.2 Å². The fourth-order valence-corrected chi connectivity index (χ4v) is 2.29. The van der Waals surface area contributed by atoms with Gasteiger partial charge in [0.2, 0.25) is 10.0 Å². The lowest BCUT2D eigenvalue weighted by molar-refractivity contribution is 0.414. The van der Waals surface area contributed by atoms with Crippen LogP contribution in [0.25, 0.3) is 0 Å². The molecule has 0 unspecified atom stereocenters. The van der Waals surface area contributed by atoms with Crippen molar-refractivity contribution in [2.45, 2.75) is 6.54 Å². The Bertz CT molecular complexity index is 446. The van der Waals surface area contributed by atoms with Gasteiger partial charge >= 0.3 is 0 Å². The molecule has 0 heterocycles. The van der Waals surface area contributed by atoms with Gasteiger partial charge in [-0.25, -0.2) is 13.1 Å². The van der Waals surface area contributed by atoms with Gasteiger partial charge in [0.1, 0.15) is 5.75 Å². The largest absolute Gasteiger partial charge is 0.497 e. The van der Waals surface area contributed by atoms with Crippen LogP contribution in [0, 0.1) is 0 Å². The predicted octanol–water partition coefficient (Wildman–Crippen LogP) is 0.334. The van der Waals surface area contributed by atoms with Crippen molar-refractivity contribution in [3.63, 3.8) is 0 Å². The van der Waals surface area contributed by atoms with E-state index in [1.54, 1.807) is 20.2 Å². The Morgan fingerprint density at radius 1 is 1.35 bits per heavy atom. The molecule has 0 aliphatic rings. The molecule has 0 saturated heterocycles. The van der Waals surface area contributed by atoms with Gasteiger partial charge in [-0.3, -0.25) is 0 Å². The quantitative estimate of drug-likeness (QED) is 0.740. The van der Waals surface area contributed by atoms with Crippen LogP contribution in [-0.2, 0) is 16.6 Å². The van der Waals surface area contributed by atoms with E-state index in [4.69, 9.17) is 4.74 Å². The average molecular weight is 258 g/mol. The van der Waals surface area contributed by atoms with Crippen LogP contribution in [0.3, 0.4) is 0 Å². The van der Waals surface area contributed by atoms with Crippen molar-refractivity contribution in [2.75, 3.05) is 26.5 Å². The second-order valence-corrected chi connectivity index (χ2v) is 5.52. The first-order chi connectivity index (χ1) is 8.07. The van der Waals surface area contributed by atoms with Crippen LogP contribution >= 0.6 is 0 Å². The van der Waals surface area contributed by atoms with E-state index in [0.29, 0.717) is 6.54 Å². The summed E-state index contributed by atoms with van der Waals surface area (Å²) < 4.78 is 30.7. The zero-order valence-corrected chi connectivity index (χ0v) is 10.9. The Labute approximate surface area is 102 Å². The van der Waals surface area contributed by atoms with E-state index in [2.05, 4.69) is 10.0 Å². The Morgan fingerprint density at radius 2 is 2.12 bits per heavy atom. The molecule has 0 fully saturated rings. The molecular formula is C11H18N2O3S. The average Bonchev–Trinajstić information content (AvgIpc) is 2.34. The van der Waals surface area contributed by atoms with Crippen molar-refractivity contribution in [1.29, 1.82) is 0 Å². The lowest BCUT2D eigenvalue weighted by Gasteiger charge is -2.07. The Hall–Kier alpha value is -1.11. The van der Waals surface area contributed by atoms with Crippen molar-refractivity contribution in [1.82, 2.24) is 10.0 Å². The van der Waals surface area contributed by atoms with Crippen LogP contribution in [0.5, 0.6) is 5.75 Å². The van der Waals surface area contributed by atoms with Gasteiger partial charge in [0, 0.05) is 13.1 Å². The molecular weight excluding hydrogens is 240 g/mol. The van der Waals surface area contributed by atoms with Crippen LogP contribution in [0.15, 0.2) is 24.3 Å². The van der Waals surface area contributed by atoms with E-state index in [1.165, 1.54) is 0 Å². The molecule has 0 atom stereocenters. The summed E-state index contributed by atoms with van der Waals surface area (Å²) in [5.74, 6) is 0.796. The summed E-state index contributed by atoms with van der Waals surface area (Å²) in [6, 6.07) is 7.30. The number of nitrogens with one attached hydrogen (secondary N) is 2. The zero-order valence-electron chi connectivity index (χ0n) is 10.1. The van der Waals surface area contributed by atoms with Crippen molar-refractivity contribution >= 4 is 10.0 Å². The summed E-state index contributed by atoms with van der Waals surface area (Å²) in [4.78, 5) is 0. The molecule has 6 heteroatoms. The summed E-state index contributed by atoms with van der Waals surface area (Å²) >= 11 is 0. The molecule has 0 bridgehead atoms. The third-order valence-electron chi connectivity index (χ3n) is 2.25. The highest BCUT2D eigenvalue weighted by Gasteiger charge is 2.08. The van der Waals surface area contributed by atoms with E-state index in [9.17, 15) is 8.42 Å². The second-order valence-electron chi connectivity index (χ2n) is 3.60. The standard InChI is InChI=1S/C11H18N2O3S/c1-12-6-7-17(14,15)13-9-10-4-3-5-11(8-10)16-2/h3-5,8,12-13H,6-7,9H2,1-2H3. The maximum absolute atomic E-state index is 11.5. The normalized spacial score (nSPS) is 11.4. The van der Waals surface area contributed by atoms with Gasteiger partial charge in [0.15, 0.2) is 0 Å².